The Hall–Kier alpha value is -4.19. The van der Waals surface area contributed by atoms with E-state index in [1.807, 2.05) is 56.3 Å². The van der Waals surface area contributed by atoms with E-state index in [1.165, 1.54) is 24.3 Å². The van der Waals surface area contributed by atoms with Crippen LogP contribution in [0.1, 0.15) is 55.0 Å². The van der Waals surface area contributed by atoms with Crippen LogP contribution in [0, 0.1) is 17.5 Å². The van der Waals surface area contributed by atoms with Gasteiger partial charge in [0.25, 0.3) is 0 Å². The highest BCUT2D eigenvalue weighted by molar-refractivity contribution is 5.92. The third kappa shape index (κ3) is 6.50. The fraction of sp³-hybridized carbons (Fsp3) is 0.235. The van der Waals surface area contributed by atoms with Crippen LogP contribution in [0.4, 0.5) is 13.2 Å². The molecule has 1 heterocycles. The second kappa shape index (κ2) is 11.9. The van der Waals surface area contributed by atoms with Crippen LogP contribution >= 0.6 is 0 Å². The Bertz CT molecular complexity index is 1540. The third-order valence-electron chi connectivity index (χ3n) is 7.01. The average Bonchev–Trinajstić information content (AvgIpc) is 3.29. The molecule has 0 aliphatic heterocycles. The summed E-state index contributed by atoms with van der Waals surface area (Å²) in [6.45, 7) is 3.92. The van der Waals surface area contributed by atoms with Crippen LogP contribution in [0.25, 0.3) is 16.7 Å². The second-order valence-electron chi connectivity index (χ2n) is 10.5. The Morgan fingerprint density at radius 1 is 0.900 bits per heavy atom. The highest BCUT2D eigenvalue weighted by atomic mass is 19.1. The normalized spacial score (nSPS) is 13.2. The standard InChI is InChI=1S/C34H30F3NO2/c1-21(2)40-31-11-8-23(9-12-31)32-4-3-13-38-34(32)26(14-22-15-28(36)19-29(37)16-22)18-30(39)17-25-6-5-24-7-10-27(35)20-33(24)25/h3-4,6-13,15-16,19-21,26H,5,14,17-18H2,1-2H3/t26-/m1/s1. The molecule has 0 spiro atoms. The molecule has 1 aliphatic carbocycles. The summed E-state index contributed by atoms with van der Waals surface area (Å²) >= 11 is 0. The van der Waals surface area contributed by atoms with Gasteiger partial charge in [0.05, 0.1) is 11.8 Å². The molecular formula is C34H30F3NO2. The summed E-state index contributed by atoms with van der Waals surface area (Å²) in [6.07, 6.45) is 4.81. The van der Waals surface area contributed by atoms with E-state index in [4.69, 9.17) is 4.74 Å². The number of carbonyl (C=O) groups excluding carboxylic acids is 1. The van der Waals surface area contributed by atoms with Gasteiger partial charge in [0.2, 0.25) is 0 Å². The molecule has 3 nitrogen and oxygen atoms in total. The SMILES string of the molecule is CC(C)Oc1ccc(-c2cccnc2[C@@H](CC(=O)CC2=CCc3ccc(F)cc32)Cc2cc(F)cc(F)c2)cc1. The van der Waals surface area contributed by atoms with Gasteiger partial charge in [-0.1, -0.05) is 30.3 Å². The van der Waals surface area contributed by atoms with Gasteiger partial charge in [-0.15, -0.1) is 0 Å². The van der Waals surface area contributed by atoms with E-state index in [0.29, 0.717) is 17.7 Å². The molecule has 1 atom stereocenters. The average molecular weight is 542 g/mol. The summed E-state index contributed by atoms with van der Waals surface area (Å²) in [6, 6.07) is 19.5. The van der Waals surface area contributed by atoms with Gasteiger partial charge in [-0.3, -0.25) is 9.78 Å². The van der Waals surface area contributed by atoms with E-state index < -0.39 is 17.6 Å². The molecule has 0 saturated heterocycles. The molecule has 0 bridgehead atoms. The zero-order chi connectivity index (χ0) is 28.2. The van der Waals surface area contributed by atoms with Gasteiger partial charge >= 0.3 is 0 Å². The van der Waals surface area contributed by atoms with Gasteiger partial charge in [-0.25, -0.2) is 13.2 Å². The maximum atomic E-state index is 14.1. The van der Waals surface area contributed by atoms with Gasteiger partial charge in [-0.2, -0.15) is 0 Å². The molecule has 1 aromatic heterocycles. The number of halogens is 3. The molecule has 40 heavy (non-hydrogen) atoms. The molecule has 0 unspecified atom stereocenters. The van der Waals surface area contributed by atoms with Crippen molar-refractivity contribution in [2.24, 2.45) is 0 Å². The first-order chi connectivity index (χ1) is 19.2. The number of benzene rings is 3. The summed E-state index contributed by atoms with van der Waals surface area (Å²) in [5.41, 5.74) is 5.40. The summed E-state index contributed by atoms with van der Waals surface area (Å²) in [5, 5.41) is 0. The molecule has 0 N–H and O–H groups in total. The summed E-state index contributed by atoms with van der Waals surface area (Å²) < 4.78 is 47.9. The lowest BCUT2D eigenvalue weighted by Gasteiger charge is -2.20. The smallest absolute Gasteiger partial charge is 0.137 e. The predicted octanol–water partition coefficient (Wildman–Crippen LogP) is 8.27. The lowest BCUT2D eigenvalue weighted by atomic mass is 9.85. The first-order valence-electron chi connectivity index (χ1n) is 13.4. The van der Waals surface area contributed by atoms with Crippen LogP contribution in [0.2, 0.25) is 0 Å². The lowest BCUT2D eigenvalue weighted by molar-refractivity contribution is -0.118. The minimum Gasteiger partial charge on any atom is -0.491 e. The number of fused-ring (bicyclic) bond motifs is 1. The number of ether oxygens (including phenoxy) is 1. The van der Waals surface area contributed by atoms with Crippen LogP contribution in [0.5, 0.6) is 5.75 Å². The van der Waals surface area contributed by atoms with E-state index in [9.17, 15) is 18.0 Å². The van der Waals surface area contributed by atoms with Crippen molar-refractivity contribution in [3.8, 4) is 16.9 Å². The van der Waals surface area contributed by atoms with Gasteiger partial charge < -0.3 is 4.74 Å². The van der Waals surface area contributed by atoms with Crippen LogP contribution < -0.4 is 4.74 Å². The summed E-state index contributed by atoms with van der Waals surface area (Å²) in [7, 11) is 0. The molecular weight excluding hydrogens is 511 g/mol. The Balaban J connectivity index is 1.45. The monoisotopic (exact) mass is 541 g/mol. The Labute approximate surface area is 232 Å². The fourth-order valence-electron chi connectivity index (χ4n) is 5.35. The van der Waals surface area contributed by atoms with E-state index >= 15 is 0 Å². The van der Waals surface area contributed by atoms with Crippen LogP contribution in [0.15, 0.2) is 85.1 Å². The second-order valence-corrected chi connectivity index (χ2v) is 10.5. The van der Waals surface area contributed by atoms with Crippen molar-refractivity contribution in [3.05, 3.63) is 125 Å². The maximum Gasteiger partial charge on any atom is 0.137 e. The highest BCUT2D eigenvalue weighted by Gasteiger charge is 2.24. The number of allylic oxidation sites excluding steroid dienone is 2. The van der Waals surface area contributed by atoms with Crippen molar-refractivity contribution in [3.63, 3.8) is 0 Å². The van der Waals surface area contributed by atoms with Gasteiger partial charge in [0, 0.05) is 36.6 Å². The lowest BCUT2D eigenvalue weighted by Crippen LogP contribution is -2.13. The van der Waals surface area contributed by atoms with Gasteiger partial charge in [0.15, 0.2) is 0 Å². The topological polar surface area (TPSA) is 39.2 Å². The van der Waals surface area contributed by atoms with Crippen LogP contribution in [-0.4, -0.2) is 16.9 Å². The molecule has 204 valence electrons. The number of carbonyl (C=O) groups is 1. The Kier molecular flexibility index (Phi) is 8.15. The number of hydrogen-bond acceptors (Lipinski definition) is 3. The molecule has 0 fully saturated rings. The predicted molar refractivity (Wildman–Crippen MR) is 151 cm³/mol. The zero-order valence-corrected chi connectivity index (χ0v) is 22.5. The Morgan fingerprint density at radius 2 is 1.65 bits per heavy atom. The van der Waals surface area contributed by atoms with Crippen molar-refractivity contribution in [2.45, 2.75) is 51.6 Å². The fourth-order valence-corrected chi connectivity index (χ4v) is 5.35. The minimum absolute atomic E-state index is 0.0419. The highest BCUT2D eigenvalue weighted by Crippen LogP contribution is 2.36. The van der Waals surface area contributed by atoms with E-state index in [0.717, 1.165) is 39.6 Å². The number of ketones is 1. The molecule has 0 amide bonds. The van der Waals surface area contributed by atoms with Crippen molar-refractivity contribution in [2.75, 3.05) is 0 Å². The molecule has 0 radical (unpaired) electrons. The van der Waals surface area contributed by atoms with Gasteiger partial charge in [0.1, 0.15) is 29.0 Å². The molecule has 3 aromatic carbocycles. The minimum atomic E-state index is -0.670. The molecule has 4 aromatic rings. The van der Waals surface area contributed by atoms with Gasteiger partial charge in [-0.05, 0) is 97.0 Å². The number of nitrogens with zero attached hydrogens (tertiary/aromatic N) is 1. The molecule has 0 saturated carbocycles. The van der Waals surface area contributed by atoms with Crippen molar-refractivity contribution in [1.82, 2.24) is 4.98 Å². The van der Waals surface area contributed by atoms with Crippen molar-refractivity contribution < 1.29 is 22.7 Å². The van der Waals surface area contributed by atoms with Crippen LogP contribution in [0.3, 0.4) is 0 Å². The van der Waals surface area contributed by atoms with E-state index in [2.05, 4.69) is 4.98 Å². The van der Waals surface area contributed by atoms with Crippen LogP contribution in [-0.2, 0) is 17.6 Å². The van der Waals surface area contributed by atoms with E-state index in [1.54, 1.807) is 12.3 Å². The maximum absolute atomic E-state index is 14.1. The first kappa shape index (κ1) is 27.4. The molecule has 5 rings (SSSR count). The number of hydrogen-bond donors (Lipinski definition) is 0. The zero-order valence-electron chi connectivity index (χ0n) is 22.5. The quantitative estimate of drug-likeness (QED) is 0.203. The van der Waals surface area contributed by atoms with E-state index in [-0.39, 0.29) is 37.0 Å². The summed E-state index contributed by atoms with van der Waals surface area (Å²) in [5.74, 6) is -1.43. The third-order valence-corrected chi connectivity index (χ3v) is 7.01. The number of rotatable bonds is 10. The first-order valence-corrected chi connectivity index (χ1v) is 13.4. The number of pyridine rings is 1. The number of aromatic nitrogens is 1. The summed E-state index contributed by atoms with van der Waals surface area (Å²) in [4.78, 5) is 18.1. The molecule has 6 heteroatoms. The number of Topliss-reactive ketones (excluding diaryl/α,β-unsaturated/α-hetero) is 1. The van der Waals surface area contributed by atoms with Crippen molar-refractivity contribution >= 4 is 11.4 Å². The Morgan fingerprint density at radius 3 is 2.38 bits per heavy atom. The largest absolute Gasteiger partial charge is 0.491 e. The van der Waals surface area contributed by atoms with Crippen molar-refractivity contribution in [1.29, 1.82) is 0 Å². The molecule has 1 aliphatic rings.